The Bertz CT molecular complexity index is 845. The van der Waals surface area contributed by atoms with Gasteiger partial charge in [-0.3, -0.25) is 0 Å². The van der Waals surface area contributed by atoms with Crippen molar-refractivity contribution in [2.45, 2.75) is 37.3 Å². The quantitative estimate of drug-likeness (QED) is 0.674. The molecular weight excluding hydrogens is 306 g/mol. The van der Waals surface area contributed by atoms with Crippen LogP contribution in [-0.2, 0) is 6.54 Å². The number of aliphatic hydroxyl groups is 1. The molecule has 0 saturated heterocycles. The van der Waals surface area contributed by atoms with Gasteiger partial charge >= 0.3 is 0 Å². The van der Waals surface area contributed by atoms with Crippen molar-refractivity contribution >= 4 is 10.8 Å². The van der Waals surface area contributed by atoms with Crippen molar-refractivity contribution < 1.29 is 6.53 Å². The van der Waals surface area contributed by atoms with Gasteiger partial charge in [-0.2, -0.15) is 0 Å². The van der Waals surface area contributed by atoms with Crippen molar-refractivity contribution in [1.29, 1.82) is 0 Å². The van der Waals surface area contributed by atoms with Crippen LogP contribution in [0.4, 0.5) is 0 Å². The molecule has 0 aliphatic heterocycles. The third-order valence-corrected chi connectivity index (χ3v) is 5.56. The van der Waals surface area contributed by atoms with E-state index in [2.05, 4.69) is 72.0 Å². The van der Waals surface area contributed by atoms with E-state index in [9.17, 15) is 5.11 Å². The van der Waals surface area contributed by atoms with Gasteiger partial charge in [-0.1, -0.05) is 72.8 Å². The zero-order valence-corrected chi connectivity index (χ0v) is 14.5. The molecule has 130 valence electrons. The van der Waals surface area contributed by atoms with Gasteiger partial charge in [-0.05, 0) is 41.2 Å². The Morgan fingerprint density at radius 1 is 0.920 bits per heavy atom. The molecule has 0 radical (unpaired) electrons. The molecule has 25 heavy (non-hydrogen) atoms. The highest BCUT2D eigenvalue weighted by Gasteiger charge is 2.42. The lowest BCUT2D eigenvalue weighted by Crippen LogP contribution is -2.46. The summed E-state index contributed by atoms with van der Waals surface area (Å²) in [6.07, 6.45) is 2.92. The molecule has 1 atom stereocenters. The SMILES string of the molecule is OC1(C(CNCc2ccccc2)c2ccc3ccccc3c2)CCC1.[HH]. The van der Waals surface area contributed by atoms with Crippen molar-refractivity contribution in [2.75, 3.05) is 6.54 Å². The molecule has 0 bridgehead atoms. The lowest BCUT2D eigenvalue weighted by Gasteiger charge is -2.44. The molecule has 2 N–H and O–H groups in total. The van der Waals surface area contributed by atoms with Gasteiger partial charge in [0.05, 0.1) is 5.60 Å². The van der Waals surface area contributed by atoms with Crippen LogP contribution in [0.5, 0.6) is 0 Å². The van der Waals surface area contributed by atoms with Crippen LogP contribution in [0.2, 0.25) is 0 Å². The minimum Gasteiger partial charge on any atom is -0.389 e. The molecule has 1 unspecified atom stereocenters. The third kappa shape index (κ3) is 3.46. The van der Waals surface area contributed by atoms with Gasteiger partial charge in [0, 0.05) is 20.4 Å². The molecule has 3 aromatic rings. The first-order chi connectivity index (χ1) is 12.2. The Morgan fingerprint density at radius 2 is 1.64 bits per heavy atom. The summed E-state index contributed by atoms with van der Waals surface area (Å²) < 4.78 is 0. The van der Waals surface area contributed by atoms with E-state index in [0.717, 1.165) is 32.4 Å². The average Bonchev–Trinajstić information content (AvgIpc) is 2.64. The Morgan fingerprint density at radius 3 is 2.36 bits per heavy atom. The molecule has 1 aliphatic rings. The summed E-state index contributed by atoms with van der Waals surface area (Å²) in [4.78, 5) is 0. The van der Waals surface area contributed by atoms with Crippen molar-refractivity contribution in [3.63, 3.8) is 0 Å². The molecule has 2 nitrogen and oxygen atoms in total. The molecule has 4 rings (SSSR count). The van der Waals surface area contributed by atoms with Crippen LogP contribution in [0, 0.1) is 0 Å². The number of rotatable bonds is 6. The van der Waals surface area contributed by atoms with E-state index >= 15 is 0 Å². The van der Waals surface area contributed by atoms with Gasteiger partial charge in [-0.15, -0.1) is 0 Å². The number of hydrogen-bond acceptors (Lipinski definition) is 2. The van der Waals surface area contributed by atoms with E-state index in [0.29, 0.717) is 0 Å². The monoisotopic (exact) mass is 333 g/mol. The predicted molar refractivity (Wildman–Crippen MR) is 106 cm³/mol. The first-order valence-electron chi connectivity index (χ1n) is 9.20. The second kappa shape index (κ2) is 6.99. The zero-order valence-electron chi connectivity index (χ0n) is 14.5. The van der Waals surface area contributed by atoms with Crippen LogP contribution in [-0.4, -0.2) is 17.3 Å². The summed E-state index contributed by atoms with van der Waals surface area (Å²) in [5, 5.41) is 17.1. The fourth-order valence-corrected chi connectivity index (χ4v) is 3.89. The summed E-state index contributed by atoms with van der Waals surface area (Å²) >= 11 is 0. The number of fused-ring (bicyclic) bond motifs is 1. The highest BCUT2D eigenvalue weighted by atomic mass is 16.3. The highest BCUT2D eigenvalue weighted by Crippen LogP contribution is 2.43. The molecule has 1 saturated carbocycles. The summed E-state index contributed by atoms with van der Waals surface area (Å²) in [5.74, 6) is 0.134. The van der Waals surface area contributed by atoms with Crippen LogP contribution in [0.1, 0.15) is 37.7 Å². The maximum Gasteiger partial charge on any atom is 0.0728 e. The molecular formula is C23H27NO. The van der Waals surface area contributed by atoms with Gasteiger partial charge in [0.15, 0.2) is 0 Å². The first-order valence-corrected chi connectivity index (χ1v) is 9.20. The fourth-order valence-electron chi connectivity index (χ4n) is 3.89. The number of benzene rings is 3. The molecule has 0 aromatic heterocycles. The normalized spacial score (nSPS) is 17.2. The minimum atomic E-state index is -0.563. The smallest absolute Gasteiger partial charge is 0.0728 e. The van der Waals surface area contributed by atoms with Crippen molar-refractivity contribution in [3.05, 3.63) is 83.9 Å². The molecule has 0 heterocycles. The standard InChI is InChI=1S/C23H25NO.H2/c25-23(13-6-14-23)22(17-24-16-18-7-2-1-3-8-18)21-12-11-19-9-4-5-10-20(19)15-21;/h1-5,7-12,15,22,24-25H,6,13-14,16-17H2;1H. The Hall–Kier alpha value is -2.16. The largest absolute Gasteiger partial charge is 0.389 e. The lowest BCUT2D eigenvalue weighted by molar-refractivity contribution is -0.0569. The predicted octanol–water partition coefficient (Wildman–Crippen LogP) is 4.87. The summed E-state index contributed by atoms with van der Waals surface area (Å²) in [6, 6.07) is 25.5. The summed E-state index contributed by atoms with van der Waals surface area (Å²) in [6.45, 7) is 1.63. The Labute approximate surface area is 151 Å². The zero-order chi connectivity index (χ0) is 17.1. The van der Waals surface area contributed by atoms with Gasteiger partial charge in [0.2, 0.25) is 0 Å². The minimum absolute atomic E-state index is 0. The molecule has 0 spiro atoms. The Kier molecular flexibility index (Phi) is 4.56. The van der Waals surface area contributed by atoms with E-state index in [-0.39, 0.29) is 7.34 Å². The molecule has 1 fully saturated rings. The molecule has 3 aromatic carbocycles. The van der Waals surface area contributed by atoms with Crippen LogP contribution in [0.3, 0.4) is 0 Å². The van der Waals surface area contributed by atoms with Crippen molar-refractivity contribution in [3.8, 4) is 0 Å². The van der Waals surface area contributed by atoms with E-state index in [4.69, 9.17) is 0 Å². The van der Waals surface area contributed by atoms with E-state index in [1.807, 2.05) is 6.07 Å². The van der Waals surface area contributed by atoms with Gasteiger partial charge in [-0.25, -0.2) is 0 Å². The average molecular weight is 333 g/mol. The highest BCUT2D eigenvalue weighted by molar-refractivity contribution is 5.83. The van der Waals surface area contributed by atoms with E-state index < -0.39 is 5.60 Å². The number of hydrogen-bond donors (Lipinski definition) is 2. The third-order valence-electron chi connectivity index (χ3n) is 5.56. The number of nitrogens with one attached hydrogen (secondary N) is 1. The van der Waals surface area contributed by atoms with Gasteiger partial charge < -0.3 is 10.4 Å². The lowest BCUT2D eigenvalue weighted by atomic mass is 9.68. The van der Waals surface area contributed by atoms with Crippen molar-refractivity contribution in [1.82, 2.24) is 5.32 Å². The maximum absolute atomic E-state index is 11.1. The second-order valence-corrected chi connectivity index (χ2v) is 7.23. The van der Waals surface area contributed by atoms with Crippen LogP contribution < -0.4 is 5.32 Å². The Balaban J connectivity index is 0.00000196. The van der Waals surface area contributed by atoms with Crippen LogP contribution >= 0.6 is 0 Å². The van der Waals surface area contributed by atoms with Crippen LogP contribution in [0.15, 0.2) is 72.8 Å². The first kappa shape index (κ1) is 16.3. The molecule has 0 amide bonds. The topological polar surface area (TPSA) is 32.3 Å². The summed E-state index contributed by atoms with van der Waals surface area (Å²) in [7, 11) is 0. The molecule has 2 heteroatoms. The summed E-state index contributed by atoms with van der Waals surface area (Å²) in [5.41, 5.74) is 1.95. The fraction of sp³-hybridized carbons (Fsp3) is 0.304. The maximum atomic E-state index is 11.1. The second-order valence-electron chi connectivity index (χ2n) is 7.23. The van der Waals surface area contributed by atoms with Crippen LogP contribution in [0.25, 0.3) is 10.8 Å². The molecule has 1 aliphatic carbocycles. The van der Waals surface area contributed by atoms with Crippen molar-refractivity contribution in [2.24, 2.45) is 0 Å². The van der Waals surface area contributed by atoms with E-state index in [1.54, 1.807) is 0 Å². The van der Waals surface area contributed by atoms with E-state index in [1.165, 1.54) is 21.9 Å². The van der Waals surface area contributed by atoms with Gasteiger partial charge in [0.1, 0.15) is 0 Å². The van der Waals surface area contributed by atoms with Gasteiger partial charge in [0.25, 0.3) is 0 Å².